The Hall–Kier alpha value is -1.87. The summed E-state index contributed by atoms with van der Waals surface area (Å²) in [5.74, 6) is 0.229. The summed E-state index contributed by atoms with van der Waals surface area (Å²) in [6, 6.07) is 13.9. The minimum absolute atomic E-state index is 0.0963. The Labute approximate surface area is 131 Å². The number of carbonyl (C=O) groups excluding carboxylic acids is 1. The van der Waals surface area contributed by atoms with Gasteiger partial charge in [-0.3, -0.25) is 4.79 Å². The summed E-state index contributed by atoms with van der Waals surface area (Å²) in [4.78, 5) is 12.2. The number of hydrogen-bond donors (Lipinski definition) is 2. The highest BCUT2D eigenvalue weighted by atomic mass is 16.3. The highest BCUT2D eigenvalue weighted by molar-refractivity contribution is 5.86. The molecule has 1 amide bonds. The molecule has 0 saturated heterocycles. The number of aliphatic hydroxyl groups excluding tert-OH is 1. The molecule has 1 saturated carbocycles. The molecule has 3 rings (SSSR count). The highest BCUT2D eigenvalue weighted by Crippen LogP contribution is 2.25. The lowest BCUT2D eigenvalue weighted by molar-refractivity contribution is -0.126. The quantitative estimate of drug-likeness (QED) is 0.906. The van der Waals surface area contributed by atoms with Gasteiger partial charge in [-0.05, 0) is 29.2 Å². The molecular weight excluding hydrogens is 274 g/mol. The SMILES string of the molecule is O=C(NCC(O)c1cccc2ccccc12)C1CCCCC1. The molecule has 2 N–H and O–H groups in total. The zero-order valence-corrected chi connectivity index (χ0v) is 12.8. The van der Waals surface area contributed by atoms with E-state index in [1.807, 2.05) is 42.5 Å². The predicted molar refractivity (Wildman–Crippen MR) is 88.5 cm³/mol. The lowest BCUT2D eigenvalue weighted by Crippen LogP contribution is -2.34. The minimum atomic E-state index is -0.668. The Morgan fingerprint density at radius 2 is 1.82 bits per heavy atom. The first kappa shape index (κ1) is 15.0. The summed E-state index contributed by atoms with van der Waals surface area (Å²) in [6.45, 7) is 0.281. The lowest BCUT2D eigenvalue weighted by atomic mass is 9.88. The fourth-order valence-electron chi connectivity index (χ4n) is 3.36. The van der Waals surface area contributed by atoms with Crippen LogP contribution in [0.3, 0.4) is 0 Å². The van der Waals surface area contributed by atoms with Crippen molar-refractivity contribution in [2.45, 2.75) is 38.2 Å². The maximum absolute atomic E-state index is 12.2. The molecule has 1 aliphatic rings. The third kappa shape index (κ3) is 3.30. The molecule has 1 aliphatic carbocycles. The normalized spacial score (nSPS) is 17.3. The molecular formula is C19H23NO2. The number of rotatable bonds is 4. The molecule has 0 heterocycles. The second-order valence-corrected chi connectivity index (χ2v) is 6.16. The van der Waals surface area contributed by atoms with Crippen molar-refractivity contribution in [2.24, 2.45) is 5.92 Å². The Balaban J connectivity index is 1.66. The topological polar surface area (TPSA) is 49.3 Å². The van der Waals surface area contributed by atoms with Gasteiger partial charge in [-0.1, -0.05) is 61.7 Å². The van der Waals surface area contributed by atoms with Crippen LogP contribution in [-0.2, 0) is 4.79 Å². The maximum Gasteiger partial charge on any atom is 0.223 e. The summed E-state index contributed by atoms with van der Waals surface area (Å²) in [5, 5.41) is 15.5. The van der Waals surface area contributed by atoms with E-state index in [2.05, 4.69) is 5.32 Å². The van der Waals surface area contributed by atoms with E-state index < -0.39 is 6.10 Å². The van der Waals surface area contributed by atoms with E-state index >= 15 is 0 Å². The molecule has 0 spiro atoms. The average Bonchev–Trinajstić information content (AvgIpc) is 2.59. The molecule has 0 aromatic heterocycles. The molecule has 1 fully saturated rings. The zero-order chi connectivity index (χ0) is 15.4. The van der Waals surface area contributed by atoms with Crippen LogP contribution in [0.5, 0.6) is 0 Å². The van der Waals surface area contributed by atoms with Crippen molar-refractivity contribution >= 4 is 16.7 Å². The third-order valence-electron chi connectivity index (χ3n) is 4.63. The van der Waals surface area contributed by atoms with Crippen molar-refractivity contribution in [3.05, 3.63) is 48.0 Å². The van der Waals surface area contributed by atoms with E-state index in [9.17, 15) is 9.90 Å². The van der Waals surface area contributed by atoms with Gasteiger partial charge in [-0.15, -0.1) is 0 Å². The van der Waals surface area contributed by atoms with Crippen LogP contribution in [0.25, 0.3) is 10.8 Å². The second kappa shape index (κ2) is 6.93. The van der Waals surface area contributed by atoms with Crippen molar-refractivity contribution in [1.29, 1.82) is 0 Å². The maximum atomic E-state index is 12.2. The summed E-state index contributed by atoms with van der Waals surface area (Å²) in [7, 11) is 0. The fraction of sp³-hybridized carbons (Fsp3) is 0.421. The van der Waals surface area contributed by atoms with Crippen LogP contribution in [0.2, 0.25) is 0 Å². The second-order valence-electron chi connectivity index (χ2n) is 6.16. The van der Waals surface area contributed by atoms with Gasteiger partial charge in [0, 0.05) is 12.5 Å². The van der Waals surface area contributed by atoms with Crippen molar-refractivity contribution in [3.8, 4) is 0 Å². The van der Waals surface area contributed by atoms with E-state index in [1.165, 1.54) is 6.42 Å². The molecule has 0 radical (unpaired) electrons. The summed E-state index contributed by atoms with van der Waals surface area (Å²) < 4.78 is 0. The number of nitrogens with one attached hydrogen (secondary N) is 1. The van der Waals surface area contributed by atoms with Gasteiger partial charge in [0.2, 0.25) is 5.91 Å². The Bertz CT molecular complexity index is 641. The van der Waals surface area contributed by atoms with Gasteiger partial charge in [-0.2, -0.15) is 0 Å². The van der Waals surface area contributed by atoms with Crippen molar-refractivity contribution in [2.75, 3.05) is 6.54 Å². The standard InChI is InChI=1S/C19H23NO2/c21-18(13-20-19(22)15-8-2-1-3-9-15)17-12-6-10-14-7-4-5-11-16(14)17/h4-7,10-12,15,18,21H,1-3,8-9,13H2,(H,20,22). The van der Waals surface area contributed by atoms with Crippen molar-refractivity contribution < 1.29 is 9.90 Å². The predicted octanol–water partition coefficient (Wildman–Crippen LogP) is 3.57. The van der Waals surface area contributed by atoms with Gasteiger partial charge in [0.05, 0.1) is 6.10 Å². The van der Waals surface area contributed by atoms with Crippen LogP contribution < -0.4 is 5.32 Å². The average molecular weight is 297 g/mol. The monoisotopic (exact) mass is 297 g/mol. The van der Waals surface area contributed by atoms with Gasteiger partial charge in [0.1, 0.15) is 0 Å². The van der Waals surface area contributed by atoms with Crippen LogP contribution in [-0.4, -0.2) is 17.6 Å². The summed E-state index contributed by atoms with van der Waals surface area (Å²) in [6.07, 6.45) is 4.82. The number of aliphatic hydroxyl groups is 1. The molecule has 2 aromatic rings. The van der Waals surface area contributed by atoms with Crippen LogP contribution in [0.15, 0.2) is 42.5 Å². The van der Waals surface area contributed by atoms with Gasteiger partial charge in [0.25, 0.3) is 0 Å². The first-order valence-electron chi connectivity index (χ1n) is 8.19. The van der Waals surface area contributed by atoms with Crippen LogP contribution in [0.1, 0.15) is 43.8 Å². The summed E-state index contributed by atoms with van der Waals surface area (Å²) in [5.41, 5.74) is 0.877. The van der Waals surface area contributed by atoms with E-state index in [0.29, 0.717) is 0 Å². The molecule has 0 aliphatic heterocycles. The molecule has 3 nitrogen and oxygen atoms in total. The largest absolute Gasteiger partial charge is 0.387 e. The van der Waals surface area contributed by atoms with Gasteiger partial charge in [0.15, 0.2) is 0 Å². The van der Waals surface area contributed by atoms with Gasteiger partial charge < -0.3 is 10.4 Å². The smallest absolute Gasteiger partial charge is 0.223 e. The van der Waals surface area contributed by atoms with Crippen molar-refractivity contribution in [3.63, 3.8) is 0 Å². The number of hydrogen-bond acceptors (Lipinski definition) is 2. The van der Waals surface area contributed by atoms with Gasteiger partial charge in [-0.25, -0.2) is 0 Å². The van der Waals surface area contributed by atoms with E-state index in [4.69, 9.17) is 0 Å². The zero-order valence-electron chi connectivity index (χ0n) is 12.8. The Morgan fingerprint density at radius 3 is 2.64 bits per heavy atom. The Morgan fingerprint density at radius 1 is 1.09 bits per heavy atom. The first-order valence-corrected chi connectivity index (χ1v) is 8.19. The van der Waals surface area contributed by atoms with E-state index in [0.717, 1.165) is 42.0 Å². The number of carbonyl (C=O) groups is 1. The van der Waals surface area contributed by atoms with Crippen LogP contribution in [0, 0.1) is 5.92 Å². The third-order valence-corrected chi connectivity index (χ3v) is 4.63. The Kier molecular flexibility index (Phi) is 4.74. The minimum Gasteiger partial charge on any atom is -0.387 e. The molecule has 2 aromatic carbocycles. The number of benzene rings is 2. The lowest BCUT2D eigenvalue weighted by Gasteiger charge is -2.22. The number of amides is 1. The molecule has 1 atom stereocenters. The molecule has 22 heavy (non-hydrogen) atoms. The van der Waals surface area contributed by atoms with Crippen molar-refractivity contribution in [1.82, 2.24) is 5.32 Å². The number of fused-ring (bicyclic) bond motifs is 1. The molecule has 0 bridgehead atoms. The fourth-order valence-corrected chi connectivity index (χ4v) is 3.36. The van der Waals surface area contributed by atoms with E-state index in [1.54, 1.807) is 0 Å². The van der Waals surface area contributed by atoms with E-state index in [-0.39, 0.29) is 18.4 Å². The molecule has 1 unspecified atom stereocenters. The molecule has 116 valence electrons. The van der Waals surface area contributed by atoms with Crippen LogP contribution >= 0.6 is 0 Å². The van der Waals surface area contributed by atoms with Crippen LogP contribution in [0.4, 0.5) is 0 Å². The highest BCUT2D eigenvalue weighted by Gasteiger charge is 2.21. The first-order chi connectivity index (χ1) is 10.8. The molecule has 3 heteroatoms. The van der Waals surface area contributed by atoms with Gasteiger partial charge >= 0.3 is 0 Å². The summed E-state index contributed by atoms with van der Waals surface area (Å²) >= 11 is 0.